The first-order chi connectivity index (χ1) is 19.2. The Balaban J connectivity index is 2.20. The normalized spacial score (nSPS) is 13.2. The first-order valence-electron chi connectivity index (χ1n) is 18.3. The Bertz CT molecular complexity index is 606. The topological polar surface area (TPSA) is 19.7 Å². The first-order valence-corrected chi connectivity index (χ1v) is 18.3. The van der Waals surface area contributed by atoms with Crippen molar-refractivity contribution < 1.29 is 4.57 Å². The van der Waals surface area contributed by atoms with E-state index >= 15 is 0 Å². The molecule has 0 aromatic carbocycles. The molecule has 39 heavy (non-hydrogen) atoms. The molecule has 0 bridgehead atoms. The van der Waals surface area contributed by atoms with E-state index < -0.39 is 0 Å². The van der Waals surface area contributed by atoms with Crippen molar-refractivity contribution in [2.75, 3.05) is 0 Å². The van der Waals surface area contributed by atoms with Gasteiger partial charge in [0.15, 0.2) is 0 Å². The summed E-state index contributed by atoms with van der Waals surface area (Å²) in [6, 6.07) is 0.621. The lowest BCUT2D eigenvalue weighted by Gasteiger charge is -2.17. The monoisotopic (exact) mass is 546 g/mol. The SMILES string of the molecule is CCCCCCCCCCCCCCCCC(C)[n+]1cc[nH]c1C(CCCC)CCCCCCCCCCC. The number of unbranched alkanes of at least 4 members (excludes halogenated alkanes) is 22. The molecular formula is C37H73N2+. The minimum Gasteiger partial charge on any atom is -0.247 e. The molecule has 0 spiro atoms. The fourth-order valence-corrected chi connectivity index (χ4v) is 6.41. The van der Waals surface area contributed by atoms with Crippen molar-refractivity contribution in [3.63, 3.8) is 0 Å². The van der Waals surface area contributed by atoms with Crippen molar-refractivity contribution in [2.45, 2.75) is 219 Å². The maximum Gasteiger partial charge on any atom is 0.257 e. The van der Waals surface area contributed by atoms with E-state index in [1.165, 1.54) is 186 Å². The van der Waals surface area contributed by atoms with Crippen molar-refractivity contribution in [3.05, 3.63) is 18.2 Å². The maximum atomic E-state index is 3.69. The first kappa shape index (κ1) is 36.2. The Morgan fingerprint density at radius 3 is 1.28 bits per heavy atom. The summed E-state index contributed by atoms with van der Waals surface area (Å²) in [6.45, 7) is 9.41. The standard InChI is InChI=1S/C37H72N2/c1-5-8-11-13-15-17-18-19-20-21-23-24-26-28-30-35(4)39-34-33-38-37(39)36(31-10-7-3)32-29-27-25-22-16-14-12-9-6-2/h33-36H,5-32H2,1-4H3/p+1. The molecule has 1 aromatic rings. The van der Waals surface area contributed by atoms with Gasteiger partial charge in [-0.05, 0) is 32.6 Å². The number of H-pyrrole nitrogens is 1. The lowest BCUT2D eigenvalue weighted by molar-refractivity contribution is -0.727. The zero-order valence-electron chi connectivity index (χ0n) is 27.6. The maximum absolute atomic E-state index is 3.69. The van der Waals surface area contributed by atoms with Gasteiger partial charge in [0.2, 0.25) is 0 Å². The molecule has 0 saturated heterocycles. The number of aromatic nitrogens is 2. The van der Waals surface area contributed by atoms with Crippen LogP contribution < -0.4 is 4.57 Å². The van der Waals surface area contributed by atoms with Crippen molar-refractivity contribution in [3.8, 4) is 0 Å². The Kier molecular flexibility index (Phi) is 25.4. The van der Waals surface area contributed by atoms with Crippen LogP contribution in [0.4, 0.5) is 0 Å². The second-order valence-corrected chi connectivity index (χ2v) is 12.9. The highest BCUT2D eigenvalue weighted by molar-refractivity contribution is 4.90. The fourth-order valence-electron chi connectivity index (χ4n) is 6.41. The van der Waals surface area contributed by atoms with Gasteiger partial charge >= 0.3 is 0 Å². The molecule has 2 atom stereocenters. The van der Waals surface area contributed by atoms with Crippen LogP contribution in [0.5, 0.6) is 0 Å². The molecule has 2 nitrogen and oxygen atoms in total. The third-order valence-corrected chi connectivity index (χ3v) is 9.14. The minimum atomic E-state index is 0.621. The lowest BCUT2D eigenvalue weighted by atomic mass is 9.93. The van der Waals surface area contributed by atoms with E-state index in [4.69, 9.17) is 0 Å². The van der Waals surface area contributed by atoms with Crippen molar-refractivity contribution in [2.24, 2.45) is 0 Å². The molecule has 0 aliphatic carbocycles. The van der Waals surface area contributed by atoms with E-state index in [0.29, 0.717) is 12.0 Å². The van der Waals surface area contributed by atoms with Gasteiger partial charge < -0.3 is 0 Å². The number of hydrogen-bond acceptors (Lipinski definition) is 0. The minimum absolute atomic E-state index is 0.621. The number of imidazole rings is 1. The van der Waals surface area contributed by atoms with Crippen LogP contribution in [0.2, 0.25) is 0 Å². The quantitative estimate of drug-likeness (QED) is 0.0732. The predicted molar refractivity (Wildman–Crippen MR) is 175 cm³/mol. The van der Waals surface area contributed by atoms with Gasteiger partial charge in [-0.2, -0.15) is 0 Å². The number of hydrogen-bond donors (Lipinski definition) is 1. The smallest absolute Gasteiger partial charge is 0.247 e. The van der Waals surface area contributed by atoms with E-state index in [2.05, 4.69) is 49.6 Å². The van der Waals surface area contributed by atoms with Crippen molar-refractivity contribution in [1.29, 1.82) is 0 Å². The lowest BCUT2D eigenvalue weighted by Crippen LogP contribution is -2.41. The van der Waals surface area contributed by atoms with Gasteiger partial charge in [0.05, 0.1) is 12.0 Å². The van der Waals surface area contributed by atoms with Gasteiger partial charge in [0.25, 0.3) is 5.82 Å². The number of aromatic amines is 1. The van der Waals surface area contributed by atoms with Gasteiger partial charge in [-0.15, -0.1) is 0 Å². The number of nitrogens with one attached hydrogen (secondary N) is 1. The molecule has 0 aliphatic rings. The van der Waals surface area contributed by atoms with Gasteiger partial charge in [0, 0.05) is 0 Å². The van der Waals surface area contributed by atoms with Gasteiger partial charge in [-0.25, -0.2) is 9.55 Å². The molecule has 0 radical (unpaired) electrons. The summed E-state index contributed by atoms with van der Waals surface area (Å²) < 4.78 is 2.61. The second-order valence-electron chi connectivity index (χ2n) is 12.9. The van der Waals surface area contributed by atoms with Gasteiger partial charge in [-0.1, -0.05) is 175 Å². The Labute approximate surface area is 246 Å². The fraction of sp³-hybridized carbons (Fsp3) is 0.919. The summed E-state index contributed by atoms with van der Waals surface area (Å²) in [5.74, 6) is 2.23. The molecule has 1 heterocycles. The van der Waals surface area contributed by atoms with E-state index in [0.717, 1.165) is 0 Å². The number of rotatable bonds is 30. The van der Waals surface area contributed by atoms with Crippen LogP contribution in [0.15, 0.2) is 12.4 Å². The largest absolute Gasteiger partial charge is 0.257 e. The molecule has 2 heteroatoms. The van der Waals surface area contributed by atoms with Crippen LogP contribution in [0.1, 0.15) is 225 Å². The van der Waals surface area contributed by atoms with Crippen LogP contribution in [-0.4, -0.2) is 4.98 Å². The second kappa shape index (κ2) is 27.4. The average molecular weight is 546 g/mol. The molecule has 0 saturated carbocycles. The third kappa shape index (κ3) is 19.8. The summed E-state index contributed by atoms with van der Waals surface area (Å²) >= 11 is 0. The van der Waals surface area contributed by atoms with Crippen LogP contribution in [-0.2, 0) is 0 Å². The highest BCUT2D eigenvalue weighted by Crippen LogP contribution is 2.26. The summed E-state index contributed by atoms with van der Waals surface area (Å²) in [7, 11) is 0. The molecular weight excluding hydrogens is 472 g/mol. The highest BCUT2D eigenvalue weighted by atomic mass is 15.1. The van der Waals surface area contributed by atoms with E-state index in [9.17, 15) is 0 Å². The third-order valence-electron chi connectivity index (χ3n) is 9.14. The average Bonchev–Trinajstić information content (AvgIpc) is 3.44. The Hall–Kier alpha value is -0.790. The molecule has 0 fully saturated rings. The van der Waals surface area contributed by atoms with Crippen LogP contribution >= 0.6 is 0 Å². The molecule has 1 aromatic heterocycles. The van der Waals surface area contributed by atoms with Gasteiger partial charge in [-0.3, -0.25) is 0 Å². The molecule has 0 amide bonds. The molecule has 1 rings (SSSR count). The van der Waals surface area contributed by atoms with E-state index in [1.807, 2.05) is 0 Å². The number of nitrogens with zero attached hydrogens (tertiary/aromatic N) is 1. The Morgan fingerprint density at radius 2 is 0.846 bits per heavy atom. The van der Waals surface area contributed by atoms with Crippen molar-refractivity contribution >= 4 is 0 Å². The van der Waals surface area contributed by atoms with E-state index in [-0.39, 0.29) is 0 Å². The van der Waals surface area contributed by atoms with Crippen LogP contribution in [0, 0.1) is 0 Å². The molecule has 0 aliphatic heterocycles. The van der Waals surface area contributed by atoms with Crippen LogP contribution in [0.25, 0.3) is 0 Å². The predicted octanol–water partition coefficient (Wildman–Crippen LogP) is 12.9. The summed E-state index contributed by atoms with van der Waals surface area (Å²) in [5.41, 5.74) is 0. The molecule has 230 valence electrons. The van der Waals surface area contributed by atoms with E-state index in [1.54, 1.807) is 0 Å². The highest BCUT2D eigenvalue weighted by Gasteiger charge is 2.25. The Morgan fingerprint density at radius 1 is 0.487 bits per heavy atom. The summed E-state index contributed by atoms with van der Waals surface area (Å²) in [4.78, 5) is 3.69. The molecule has 1 N–H and O–H groups in total. The molecule has 2 unspecified atom stereocenters. The summed E-state index contributed by atoms with van der Waals surface area (Å²) in [6.07, 6.45) is 44.3. The van der Waals surface area contributed by atoms with Crippen molar-refractivity contribution in [1.82, 2.24) is 4.98 Å². The van der Waals surface area contributed by atoms with Gasteiger partial charge in [0.1, 0.15) is 12.4 Å². The summed E-state index contributed by atoms with van der Waals surface area (Å²) in [5, 5.41) is 0. The van der Waals surface area contributed by atoms with Crippen LogP contribution in [0.3, 0.4) is 0 Å². The zero-order chi connectivity index (χ0) is 28.2. The zero-order valence-corrected chi connectivity index (χ0v) is 27.6.